The van der Waals surface area contributed by atoms with E-state index in [0.29, 0.717) is 22.0 Å². The summed E-state index contributed by atoms with van der Waals surface area (Å²) in [6, 6.07) is 14.8. The first-order valence-corrected chi connectivity index (χ1v) is 10.2. The van der Waals surface area contributed by atoms with E-state index < -0.39 is 0 Å². The third kappa shape index (κ3) is 3.33. The lowest BCUT2D eigenvalue weighted by atomic mass is 10.0. The number of halogens is 1. The number of imide groups is 1. The van der Waals surface area contributed by atoms with E-state index in [1.54, 1.807) is 12.1 Å². The molecule has 4 rings (SSSR count). The summed E-state index contributed by atoms with van der Waals surface area (Å²) in [5, 5.41) is 0.604. The van der Waals surface area contributed by atoms with Gasteiger partial charge in [0, 0.05) is 18.1 Å². The predicted octanol–water partition coefficient (Wildman–Crippen LogP) is 4.67. The van der Waals surface area contributed by atoms with E-state index >= 15 is 0 Å². The molecule has 1 fully saturated rings. The molecule has 2 heterocycles. The summed E-state index contributed by atoms with van der Waals surface area (Å²) in [7, 11) is 0. The fraction of sp³-hybridized carbons (Fsp3) is 0.304. The number of anilines is 1. The van der Waals surface area contributed by atoms with Crippen molar-refractivity contribution < 1.29 is 9.59 Å². The molecule has 0 spiro atoms. The molecule has 0 atom stereocenters. The highest BCUT2D eigenvalue weighted by atomic mass is 35.5. The molecule has 0 unspecified atom stereocenters. The van der Waals surface area contributed by atoms with Crippen LogP contribution in [0.15, 0.2) is 54.2 Å². The number of piperidine rings is 1. The van der Waals surface area contributed by atoms with Crippen molar-refractivity contribution in [3.05, 3.63) is 70.4 Å². The van der Waals surface area contributed by atoms with Crippen LogP contribution in [0.3, 0.4) is 0 Å². The molecule has 144 valence electrons. The molecule has 0 saturated carbocycles. The fourth-order valence-corrected chi connectivity index (χ4v) is 4.05. The van der Waals surface area contributed by atoms with Crippen LogP contribution in [0.2, 0.25) is 5.02 Å². The highest BCUT2D eigenvalue weighted by Gasteiger charge is 2.42. The lowest BCUT2D eigenvalue weighted by Crippen LogP contribution is -2.37. The van der Waals surface area contributed by atoms with Gasteiger partial charge in [0.15, 0.2) is 0 Å². The Kier molecular flexibility index (Phi) is 5.23. The van der Waals surface area contributed by atoms with Crippen LogP contribution >= 0.6 is 11.6 Å². The van der Waals surface area contributed by atoms with Crippen molar-refractivity contribution in [2.75, 3.05) is 18.0 Å². The Labute approximate surface area is 170 Å². The van der Waals surface area contributed by atoms with E-state index in [-0.39, 0.29) is 11.8 Å². The van der Waals surface area contributed by atoms with Gasteiger partial charge in [0.2, 0.25) is 0 Å². The molecule has 4 nitrogen and oxygen atoms in total. The third-order valence-corrected chi connectivity index (χ3v) is 5.72. The Morgan fingerprint density at radius 1 is 0.857 bits per heavy atom. The van der Waals surface area contributed by atoms with Gasteiger partial charge < -0.3 is 4.90 Å². The van der Waals surface area contributed by atoms with Crippen molar-refractivity contribution in [2.45, 2.75) is 32.6 Å². The average Bonchev–Trinajstić information content (AvgIpc) is 2.99. The van der Waals surface area contributed by atoms with Crippen LogP contribution in [0.5, 0.6) is 0 Å². The number of rotatable bonds is 4. The zero-order chi connectivity index (χ0) is 19.7. The first-order chi connectivity index (χ1) is 13.6. The van der Waals surface area contributed by atoms with E-state index in [0.717, 1.165) is 44.3 Å². The normalized spacial score (nSPS) is 17.6. The number of carbonyl (C=O) groups is 2. The summed E-state index contributed by atoms with van der Waals surface area (Å²) in [4.78, 5) is 30.2. The standard InChI is InChI=1S/C23H23ClN2O2/c1-2-16-6-12-19(13-7-16)26-22(27)20(17-8-10-18(24)11-9-17)21(23(26)28)25-14-4-3-5-15-25/h6-13H,2-5,14-15H2,1H3. The largest absolute Gasteiger partial charge is 0.366 e. The van der Waals surface area contributed by atoms with Crippen LogP contribution in [-0.4, -0.2) is 29.8 Å². The number of aryl methyl sites for hydroxylation is 1. The second-order valence-electron chi connectivity index (χ2n) is 7.24. The molecule has 0 aromatic heterocycles. The van der Waals surface area contributed by atoms with Crippen LogP contribution in [0.1, 0.15) is 37.3 Å². The number of amides is 2. The van der Waals surface area contributed by atoms with Gasteiger partial charge >= 0.3 is 0 Å². The van der Waals surface area contributed by atoms with Crippen molar-refractivity contribution in [1.29, 1.82) is 0 Å². The van der Waals surface area contributed by atoms with Gasteiger partial charge in [0.05, 0.1) is 11.3 Å². The molecule has 0 aliphatic carbocycles. The molecule has 2 amide bonds. The van der Waals surface area contributed by atoms with Crippen LogP contribution in [0.25, 0.3) is 5.57 Å². The van der Waals surface area contributed by atoms with Crippen LogP contribution in [0.4, 0.5) is 5.69 Å². The van der Waals surface area contributed by atoms with Gasteiger partial charge in [-0.25, -0.2) is 4.90 Å². The predicted molar refractivity (Wildman–Crippen MR) is 112 cm³/mol. The minimum atomic E-state index is -0.267. The molecular weight excluding hydrogens is 372 g/mol. The smallest absolute Gasteiger partial charge is 0.282 e. The van der Waals surface area contributed by atoms with E-state index in [1.807, 2.05) is 36.4 Å². The van der Waals surface area contributed by atoms with Gasteiger partial charge in [-0.05, 0) is 61.1 Å². The number of benzene rings is 2. The second kappa shape index (κ2) is 7.80. The molecule has 0 N–H and O–H groups in total. The lowest BCUT2D eigenvalue weighted by Gasteiger charge is -2.29. The summed E-state index contributed by atoms with van der Waals surface area (Å²) in [5.41, 5.74) is 3.52. The monoisotopic (exact) mass is 394 g/mol. The summed E-state index contributed by atoms with van der Waals surface area (Å²) >= 11 is 6.03. The maximum Gasteiger partial charge on any atom is 0.282 e. The number of hydrogen-bond donors (Lipinski definition) is 0. The highest BCUT2D eigenvalue weighted by molar-refractivity contribution is 6.45. The maximum atomic E-state index is 13.4. The van der Waals surface area contributed by atoms with E-state index in [9.17, 15) is 9.59 Å². The van der Waals surface area contributed by atoms with Crippen molar-refractivity contribution in [3.8, 4) is 0 Å². The summed E-state index contributed by atoms with van der Waals surface area (Å²) < 4.78 is 0. The molecule has 2 aromatic carbocycles. The average molecular weight is 395 g/mol. The summed E-state index contributed by atoms with van der Waals surface area (Å²) in [5.74, 6) is -0.502. The molecule has 0 radical (unpaired) electrons. The number of hydrogen-bond acceptors (Lipinski definition) is 3. The Morgan fingerprint density at radius 2 is 1.50 bits per heavy atom. The van der Waals surface area contributed by atoms with Gasteiger partial charge in [-0.15, -0.1) is 0 Å². The first kappa shape index (κ1) is 18.8. The van der Waals surface area contributed by atoms with E-state index in [4.69, 9.17) is 11.6 Å². The van der Waals surface area contributed by atoms with Crippen molar-refractivity contribution in [1.82, 2.24) is 4.90 Å². The Balaban J connectivity index is 1.79. The quantitative estimate of drug-likeness (QED) is 0.707. The SMILES string of the molecule is CCc1ccc(N2C(=O)C(c3ccc(Cl)cc3)=C(N3CCCCC3)C2=O)cc1. The van der Waals surface area contributed by atoms with Gasteiger partial charge in [0.25, 0.3) is 11.8 Å². The fourth-order valence-electron chi connectivity index (χ4n) is 3.92. The summed E-state index contributed by atoms with van der Waals surface area (Å²) in [6.07, 6.45) is 4.13. The number of nitrogens with zero attached hydrogens (tertiary/aromatic N) is 2. The van der Waals surface area contributed by atoms with E-state index in [2.05, 4.69) is 11.8 Å². The van der Waals surface area contributed by atoms with Crippen LogP contribution < -0.4 is 4.90 Å². The Hall–Kier alpha value is -2.59. The van der Waals surface area contributed by atoms with Crippen molar-refractivity contribution in [3.63, 3.8) is 0 Å². The molecule has 1 saturated heterocycles. The molecule has 5 heteroatoms. The van der Waals surface area contributed by atoms with Crippen molar-refractivity contribution >= 4 is 34.7 Å². The van der Waals surface area contributed by atoms with Crippen molar-refractivity contribution in [2.24, 2.45) is 0 Å². The zero-order valence-electron chi connectivity index (χ0n) is 16.0. The van der Waals surface area contributed by atoms with Crippen LogP contribution in [0, 0.1) is 0 Å². The number of carbonyl (C=O) groups excluding carboxylic acids is 2. The van der Waals surface area contributed by atoms with Crippen LogP contribution in [-0.2, 0) is 16.0 Å². The molecule has 2 aliphatic rings. The minimum Gasteiger partial charge on any atom is -0.366 e. The molecule has 2 aliphatic heterocycles. The molecule has 0 bridgehead atoms. The van der Waals surface area contributed by atoms with E-state index in [1.165, 1.54) is 10.5 Å². The summed E-state index contributed by atoms with van der Waals surface area (Å²) in [6.45, 7) is 3.68. The first-order valence-electron chi connectivity index (χ1n) is 9.83. The minimum absolute atomic E-state index is 0.235. The topological polar surface area (TPSA) is 40.6 Å². The Bertz CT molecular complexity index is 926. The number of likely N-dealkylation sites (tertiary alicyclic amines) is 1. The maximum absolute atomic E-state index is 13.4. The third-order valence-electron chi connectivity index (χ3n) is 5.47. The highest BCUT2D eigenvalue weighted by Crippen LogP contribution is 2.36. The molecular formula is C23H23ClN2O2. The Morgan fingerprint density at radius 3 is 2.11 bits per heavy atom. The second-order valence-corrected chi connectivity index (χ2v) is 7.68. The van der Waals surface area contributed by atoms with Gasteiger partial charge in [-0.1, -0.05) is 42.8 Å². The molecule has 2 aromatic rings. The molecule has 28 heavy (non-hydrogen) atoms. The lowest BCUT2D eigenvalue weighted by molar-refractivity contribution is -0.120. The van der Waals surface area contributed by atoms with Gasteiger partial charge in [0.1, 0.15) is 5.70 Å². The zero-order valence-corrected chi connectivity index (χ0v) is 16.7. The van der Waals surface area contributed by atoms with Gasteiger partial charge in [-0.3, -0.25) is 9.59 Å². The van der Waals surface area contributed by atoms with Gasteiger partial charge in [-0.2, -0.15) is 0 Å².